The summed E-state index contributed by atoms with van der Waals surface area (Å²) in [6.07, 6.45) is -0.0510. The summed E-state index contributed by atoms with van der Waals surface area (Å²) >= 11 is 0. The minimum absolute atomic E-state index is 0.0510. The Morgan fingerprint density at radius 3 is 2.08 bits per heavy atom. The second-order valence-corrected chi connectivity index (χ2v) is 11.1. The van der Waals surface area contributed by atoms with Crippen molar-refractivity contribution < 1.29 is 38.3 Å². The van der Waals surface area contributed by atoms with E-state index in [0.29, 0.717) is 17.2 Å². The van der Waals surface area contributed by atoms with Gasteiger partial charge in [-0.15, -0.1) is 0 Å². The lowest BCUT2D eigenvalue weighted by Crippen LogP contribution is -2.27. The van der Waals surface area contributed by atoms with Crippen LogP contribution in [-0.2, 0) is 14.3 Å². The summed E-state index contributed by atoms with van der Waals surface area (Å²) in [7, 11) is 0. The Hall–Kier alpha value is -6.62. The highest BCUT2D eigenvalue weighted by molar-refractivity contribution is 6.01. The Bertz CT molecular complexity index is 2010. The Labute approximate surface area is 280 Å². The maximum atomic E-state index is 12.8. The molecule has 0 aromatic heterocycles. The second kappa shape index (κ2) is 14.4. The molecule has 244 valence electrons. The number of nitro benzene ring substituents is 1. The molecule has 11 heteroatoms. The molecule has 0 radical (unpaired) electrons. The molecule has 0 spiro atoms. The van der Waals surface area contributed by atoms with Crippen molar-refractivity contribution in [3.8, 4) is 28.4 Å². The van der Waals surface area contributed by atoms with Gasteiger partial charge < -0.3 is 19.1 Å². The van der Waals surface area contributed by atoms with Crippen molar-refractivity contribution >= 4 is 35.0 Å². The van der Waals surface area contributed by atoms with Gasteiger partial charge in [0.05, 0.1) is 16.4 Å². The van der Waals surface area contributed by atoms with Crippen molar-refractivity contribution in [1.82, 2.24) is 0 Å². The van der Waals surface area contributed by atoms with Crippen molar-refractivity contribution in [2.24, 2.45) is 5.92 Å². The molecule has 6 rings (SSSR count). The van der Waals surface area contributed by atoms with Crippen LogP contribution in [0.1, 0.15) is 27.1 Å². The first-order valence-electron chi connectivity index (χ1n) is 15.2. The zero-order valence-electron chi connectivity index (χ0n) is 25.9. The molecule has 11 nitrogen and oxygen atoms in total. The average Bonchev–Trinajstić information content (AvgIpc) is 3.53. The van der Waals surface area contributed by atoms with Crippen LogP contribution in [0.4, 0.5) is 11.4 Å². The van der Waals surface area contributed by atoms with Crippen molar-refractivity contribution in [3.63, 3.8) is 0 Å². The predicted octanol–water partition coefficient (Wildman–Crippen LogP) is 7.05. The summed E-state index contributed by atoms with van der Waals surface area (Å²) in [5, 5.41) is 10.8. The number of ketones is 1. The summed E-state index contributed by atoms with van der Waals surface area (Å²) in [4.78, 5) is 62.4. The number of amides is 1. The Morgan fingerprint density at radius 1 is 0.755 bits per heavy atom. The smallest absolute Gasteiger partial charge is 0.343 e. The summed E-state index contributed by atoms with van der Waals surface area (Å²) < 4.78 is 16.7. The molecule has 1 aliphatic rings. The van der Waals surface area contributed by atoms with Crippen LogP contribution in [0.5, 0.6) is 17.2 Å². The molecule has 0 aliphatic carbocycles. The average molecular weight is 657 g/mol. The molecule has 1 saturated heterocycles. The molecule has 1 amide bonds. The van der Waals surface area contributed by atoms with Crippen LogP contribution in [0.2, 0.25) is 0 Å². The van der Waals surface area contributed by atoms with Crippen LogP contribution in [0.3, 0.4) is 0 Å². The van der Waals surface area contributed by atoms with Crippen LogP contribution >= 0.6 is 0 Å². The third-order valence-corrected chi connectivity index (χ3v) is 7.85. The highest BCUT2D eigenvalue weighted by atomic mass is 16.6. The van der Waals surface area contributed by atoms with Crippen molar-refractivity contribution in [1.29, 1.82) is 0 Å². The van der Waals surface area contributed by atoms with E-state index in [1.54, 1.807) is 24.3 Å². The van der Waals surface area contributed by atoms with E-state index in [2.05, 4.69) is 0 Å². The Morgan fingerprint density at radius 2 is 1.39 bits per heavy atom. The normalized spacial score (nSPS) is 13.8. The number of carbonyl (C=O) groups excluding carboxylic acids is 4. The molecular formula is C38H28N2O9. The van der Waals surface area contributed by atoms with Gasteiger partial charge >= 0.3 is 11.9 Å². The number of nitro groups is 1. The molecule has 5 aromatic carbocycles. The van der Waals surface area contributed by atoms with Crippen molar-refractivity contribution in [2.45, 2.75) is 6.42 Å². The number of anilines is 1. The zero-order valence-corrected chi connectivity index (χ0v) is 25.9. The first-order valence-corrected chi connectivity index (χ1v) is 15.2. The SMILES string of the molecule is O=C(COC(=O)[C@@H]1CC(=O)N(c2ccc(Oc3ccccc3-c3ccccc3)cc2)C1)c1ccc(OC(=O)c2ccc([N+](=O)[O-])cc2)cc1. The molecule has 1 fully saturated rings. The topological polar surface area (TPSA) is 142 Å². The van der Waals surface area contributed by atoms with Crippen LogP contribution in [0.25, 0.3) is 11.1 Å². The number of Topliss-reactive ketones (excluding diaryl/α,β-unsaturated/α-hetero) is 1. The lowest BCUT2D eigenvalue weighted by atomic mass is 10.0. The largest absolute Gasteiger partial charge is 0.457 e. The Balaban J connectivity index is 0.996. The van der Waals surface area contributed by atoms with Crippen molar-refractivity contribution in [2.75, 3.05) is 18.1 Å². The minimum Gasteiger partial charge on any atom is -0.457 e. The number of hydrogen-bond donors (Lipinski definition) is 0. The molecule has 1 heterocycles. The lowest BCUT2D eigenvalue weighted by molar-refractivity contribution is -0.384. The molecule has 0 N–H and O–H groups in total. The fourth-order valence-electron chi connectivity index (χ4n) is 5.28. The zero-order chi connectivity index (χ0) is 34.3. The van der Waals surface area contributed by atoms with Gasteiger partial charge in [-0.3, -0.25) is 24.5 Å². The van der Waals surface area contributed by atoms with E-state index >= 15 is 0 Å². The van der Waals surface area contributed by atoms with Gasteiger partial charge in [0.15, 0.2) is 12.4 Å². The van der Waals surface area contributed by atoms with E-state index in [1.165, 1.54) is 53.4 Å². The molecule has 0 bridgehead atoms. The number of para-hydroxylation sites is 1. The standard InChI is InChI=1S/C38H28N2O9/c41-34(26-12-18-32(19-13-26)49-38(44)27-10-14-30(15-11-27)40(45)46)24-47-37(43)28-22-36(42)39(23-28)29-16-20-31(21-17-29)48-35-9-5-4-8-33(35)25-6-2-1-3-7-25/h1-21,28H,22-24H2/t28-/m1/s1. The Kier molecular flexibility index (Phi) is 9.52. The maximum absolute atomic E-state index is 12.8. The number of rotatable bonds is 11. The number of ether oxygens (including phenoxy) is 3. The summed E-state index contributed by atoms with van der Waals surface area (Å²) in [6, 6.07) is 35.2. The van der Waals surface area contributed by atoms with E-state index in [9.17, 15) is 29.3 Å². The van der Waals surface area contributed by atoms with E-state index in [0.717, 1.165) is 11.1 Å². The van der Waals surface area contributed by atoms with E-state index in [-0.39, 0.29) is 41.4 Å². The monoisotopic (exact) mass is 656 g/mol. The first kappa shape index (κ1) is 32.3. The minimum atomic E-state index is -0.741. The van der Waals surface area contributed by atoms with Gasteiger partial charge in [-0.2, -0.15) is 0 Å². The fraction of sp³-hybridized carbons (Fsp3) is 0.105. The number of hydrogen-bond acceptors (Lipinski definition) is 9. The number of non-ortho nitro benzene ring substituents is 1. The van der Waals surface area contributed by atoms with Crippen LogP contribution in [0, 0.1) is 16.0 Å². The summed E-state index contributed by atoms with van der Waals surface area (Å²) in [5.74, 6) is -1.41. The van der Waals surface area contributed by atoms with Gasteiger partial charge in [-0.05, 0) is 72.3 Å². The highest BCUT2D eigenvalue weighted by Gasteiger charge is 2.36. The van der Waals surface area contributed by atoms with Gasteiger partial charge in [0.1, 0.15) is 17.2 Å². The summed E-state index contributed by atoms with van der Waals surface area (Å²) in [6.45, 7) is -0.417. The van der Waals surface area contributed by atoms with Gasteiger partial charge in [0.25, 0.3) is 5.69 Å². The van der Waals surface area contributed by atoms with E-state index in [1.807, 2.05) is 54.6 Å². The number of esters is 2. The third-order valence-electron chi connectivity index (χ3n) is 7.85. The van der Waals surface area contributed by atoms with E-state index in [4.69, 9.17) is 14.2 Å². The van der Waals surface area contributed by atoms with Gasteiger partial charge in [0.2, 0.25) is 5.91 Å². The van der Waals surface area contributed by atoms with Crippen LogP contribution < -0.4 is 14.4 Å². The van der Waals surface area contributed by atoms with Crippen LogP contribution in [-0.4, -0.2) is 41.7 Å². The number of carbonyl (C=O) groups is 4. The molecule has 49 heavy (non-hydrogen) atoms. The first-order chi connectivity index (χ1) is 23.7. The fourth-order valence-corrected chi connectivity index (χ4v) is 5.28. The molecule has 1 aliphatic heterocycles. The van der Waals surface area contributed by atoms with Crippen LogP contribution in [0.15, 0.2) is 127 Å². The predicted molar refractivity (Wildman–Crippen MR) is 179 cm³/mol. The quantitative estimate of drug-likeness (QED) is 0.0480. The maximum Gasteiger partial charge on any atom is 0.343 e. The summed E-state index contributed by atoms with van der Waals surface area (Å²) in [5.41, 5.74) is 2.76. The third kappa shape index (κ3) is 7.68. The molecule has 1 atom stereocenters. The van der Waals surface area contributed by atoms with Crippen molar-refractivity contribution in [3.05, 3.63) is 149 Å². The highest BCUT2D eigenvalue weighted by Crippen LogP contribution is 2.34. The van der Waals surface area contributed by atoms with Gasteiger partial charge in [-0.25, -0.2) is 4.79 Å². The van der Waals surface area contributed by atoms with E-state index < -0.39 is 35.2 Å². The molecule has 0 saturated carbocycles. The molecule has 5 aromatic rings. The molecular weight excluding hydrogens is 628 g/mol. The molecule has 0 unspecified atom stereocenters. The second-order valence-electron chi connectivity index (χ2n) is 11.1. The number of nitrogens with zero attached hydrogens (tertiary/aromatic N) is 2. The number of benzene rings is 5. The lowest BCUT2D eigenvalue weighted by Gasteiger charge is -2.17. The van der Waals surface area contributed by atoms with Gasteiger partial charge in [-0.1, -0.05) is 48.5 Å². The van der Waals surface area contributed by atoms with Gasteiger partial charge in [0, 0.05) is 41.9 Å².